The Morgan fingerprint density at radius 1 is 1.48 bits per heavy atom. The number of rotatable bonds is 6. The minimum Gasteiger partial charge on any atom is -0.383 e. The average molecular weight is 335 g/mol. The third-order valence-electron chi connectivity index (χ3n) is 3.04. The van der Waals surface area contributed by atoms with Crippen molar-refractivity contribution < 1.29 is 17.9 Å². The number of amides is 1. The first-order valence-electron chi connectivity index (χ1n) is 6.34. The van der Waals surface area contributed by atoms with Crippen LogP contribution in [0.3, 0.4) is 0 Å². The van der Waals surface area contributed by atoms with E-state index in [-0.39, 0.29) is 27.4 Å². The summed E-state index contributed by atoms with van der Waals surface area (Å²) in [6.07, 6.45) is 0. The van der Waals surface area contributed by atoms with Crippen LogP contribution >= 0.6 is 11.6 Å². The number of ether oxygens (including phenoxy) is 1. The second-order valence-electron chi connectivity index (χ2n) is 4.58. The second-order valence-corrected chi connectivity index (χ2v) is 6.55. The Morgan fingerprint density at radius 2 is 2.10 bits per heavy atom. The fourth-order valence-corrected chi connectivity index (χ4v) is 2.72. The van der Waals surface area contributed by atoms with Crippen LogP contribution in [0.5, 0.6) is 0 Å². The lowest BCUT2D eigenvalue weighted by atomic mass is 10.1. The molecule has 0 aromatic heterocycles. The molecule has 0 aliphatic rings. The van der Waals surface area contributed by atoms with Gasteiger partial charge >= 0.3 is 0 Å². The molecule has 1 unspecified atom stereocenters. The number of primary sulfonamides is 1. The number of hydrogen-bond acceptors (Lipinski definition) is 4. The first-order chi connectivity index (χ1) is 9.72. The van der Waals surface area contributed by atoms with E-state index in [9.17, 15) is 13.2 Å². The van der Waals surface area contributed by atoms with Crippen LogP contribution in [-0.2, 0) is 14.8 Å². The average Bonchev–Trinajstić information content (AvgIpc) is 2.38. The molecule has 1 rings (SSSR count). The standard InChI is InChI=1S/C13H19ClN2O4S/c1-4-16(9(2)8-20-3)13(17)11-7-10(21(15,18)19)5-6-12(11)14/h5-7,9H,4,8H2,1-3H3,(H2,15,18,19). The summed E-state index contributed by atoms with van der Waals surface area (Å²) in [5.41, 5.74) is 0.105. The number of likely N-dealkylation sites (N-methyl/N-ethyl adjacent to an activating group) is 1. The highest BCUT2D eigenvalue weighted by molar-refractivity contribution is 7.89. The van der Waals surface area contributed by atoms with Gasteiger partial charge in [-0.05, 0) is 32.0 Å². The topological polar surface area (TPSA) is 89.7 Å². The maximum Gasteiger partial charge on any atom is 0.255 e. The minimum absolute atomic E-state index is 0.105. The Kier molecular flexibility index (Phi) is 6.15. The van der Waals surface area contributed by atoms with Crippen molar-refractivity contribution in [3.05, 3.63) is 28.8 Å². The number of nitrogens with zero attached hydrogens (tertiary/aromatic N) is 1. The Balaban J connectivity index is 3.22. The van der Waals surface area contributed by atoms with E-state index in [1.165, 1.54) is 18.2 Å². The highest BCUT2D eigenvalue weighted by Gasteiger charge is 2.23. The molecule has 6 nitrogen and oxygen atoms in total. The number of sulfonamides is 1. The van der Waals surface area contributed by atoms with E-state index in [0.717, 1.165) is 0 Å². The smallest absolute Gasteiger partial charge is 0.255 e. The molecule has 0 aliphatic carbocycles. The zero-order valence-corrected chi connectivity index (χ0v) is 13.7. The summed E-state index contributed by atoms with van der Waals surface area (Å²) in [7, 11) is -2.35. The van der Waals surface area contributed by atoms with Gasteiger partial charge in [0.1, 0.15) is 0 Å². The van der Waals surface area contributed by atoms with Crippen molar-refractivity contribution in [1.29, 1.82) is 0 Å². The number of hydrogen-bond donors (Lipinski definition) is 1. The summed E-state index contributed by atoms with van der Waals surface area (Å²) in [5, 5.41) is 5.25. The first-order valence-corrected chi connectivity index (χ1v) is 8.27. The zero-order valence-electron chi connectivity index (χ0n) is 12.2. The molecule has 0 heterocycles. The fourth-order valence-electron chi connectivity index (χ4n) is 1.99. The lowest BCUT2D eigenvalue weighted by Gasteiger charge is -2.28. The summed E-state index contributed by atoms with van der Waals surface area (Å²) >= 11 is 6.01. The molecular weight excluding hydrogens is 316 g/mol. The molecule has 1 aromatic carbocycles. The third kappa shape index (κ3) is 4.41. The number of nitrogens with two attached hydrogens (primary N) is 1. The van der Waals surface area contributed by atoms with Crippen molar-refractivity contribution in [3.8, 4) is 0 Å². The van der Waals surface area contributed by atoms with E-state index in [1.807, 2.05) is 13.8 Å². The molecule has 0 fully saturated rings. The third-order valence-corrected chi connectivity index (χ3v) is 4.28. The SMILES string of the molecule is CCN(C(=O)c1cc(S(N)(=O)=O)ccc1Cl)C(C)COC. The minimum atomic E-state index is -3.89. The van der Waals surface area contributed by atoms with Crippen molar-refractivity contribution >= 4 is 27.5 Å². The lowest BCUT2D eigenvalue weighted by molar-refractivity contribution is 0.0579. The van der Waals surface area contributed by atoms with E-state index >= 15 is 0 Å². The summed E-state index contributed by atoms with van der Waals surface area (Å²) in [4.78, 5) is 13.9. The lowest BCUT2D eigenvalue weighted by Crippen LogP contribution is -2.41. The fraction of sp³-hybridized carbons (Fsp3) is 0.462. The van der Waals surface area contributed by atoms with Crippen molar-refractivity contribution in [1.82, 2.24) is 4.90 Å². The van der Waals surface area contributed by atoms with Crippen LogP contribution in [0.4, 0.5) is 0 Å². The number of halogens is 1. The van der Waals surface area contributed by atoms with E-state index in [1.54, 1.807) is 12.0 Å². The van der Waals surface area contributed by atoms with Crippen LogP contribution < -0.4 is 5.14 Å². The van der Waals surface area contributed by atoms with Gasteiger partial charge in [-0.15, -0.1) is 0 Å². The number of carbonyl (C=O) groups excluding carboxylic acids is 1. The quantitative estimate of drug-likeness (QED) is 0.853. The molecular formula is C13H19ClN2O4S. The van der Waals surface area contributed by atoms with Gasteiger partial charge in [-0.3, -0.25) is 4.79 Å². The Hall–Kier alpha value is -1.15. The van der Waals surface area contributed by atoms with Gasteiger partial charge in [-0.25, -0.2) is 13.6 Å². The molecule has 0 spiro atoms. The second kappa shape index (κ2) is 7.22. The Labute approximate surface area is 129 Å². The molecule has 0 aliphatic heterocycles. The molecule has 0 saturated heterocycles. The van der Waals surface area contributed by atoms with Crippen molar-refractivity contribution in [2.24, 2.45) is 5.14 Å². The van der Waals surface area contributed by atoms with Crippen LogP contribution in [0, 0.1) is 0 Å². The highest BCUT2D eigenvalue weighted by Crippen LogP contribution is 2.22. The van der Waals surface area contributed by atoms with E-state index in [0.29, 0.717) is 13.2 Å². The molecule has 2 N–H and O–H groups in total. The highest BCUT2D eigenvalue weighted by atomic mass is 35.5. The van der Waals surface area contributed by atoms with Crippen LogP contribution in [0.15, 0.2) is 23.1 Å². The molecule has 8 heteroatoms. The Bertz CT molecular complexity index is 619. The van der Waals surface area contributed by atoms with Gasteiger partial charge in [0, 0.05) is 13.7 Å². The monoisotopic (exact) mass is 334 g/mol. The van der Waals surface area contributed by atoms with Crippen LogP contribution in [0.2, 0.25) is 5.02 Å². The maximum atomic E-state index is 12.5. The maximum absolute atomic E-state index is 12.5. The summed E-state index contributed by atoms with van der Waals surface area (Å²) in [6, 6.07) is 3.65. The van der Waals surface area contributed by atoms with Gasteiger partial charge in [-0.2, -0.15) is 0 Å². The van der Waals surface area contributed by atoms with Crippen LogP contribution in [0.1, 0.15) is 24.2 Å². The normalized spacial score (nSPS) is 13.0. The van der Waals surface area contributed by atoms with Crippen molar-refractivity contribution in [2.45, 2.75) is 24.8 Å². The molecule has 1 aromatic rings. The largest absolute Gasteiger partial charge is 0.383 e. The zero-order chi connectivity index (χ0) is 16.2. The van der Waals surface area contributed by atoms with E-state index < -0.39 is 10.0 Å². The van der Waals surface area contributed by atoms with Crippen molar-refractivity contribution in [2.75, 3.05) is 20.3 Å². The molecule has 1 atom stereocenters. The molecule has 21 heavy (non-hydrogen) atoms. The molecule has 118 valence electrons. The summed E-state index contributed by atoms with van der Waals surface area (Å²) in [6.45, 7) is 4.47. The van der Waals surface area contributed by atoms with Gasteiger partial charge in [0.05, 0.1) is 28.1 Å². The molecule has 0 saturated carbocycles. The molecule has 0 bridgehead atoms. The Morgan fingerprint density at radius 3 is 2.57 bits per heavy atom. The predicted molar refractivity (Wildman–Crippen MR) is 80.9 cm³/mol. The predicted octanol–water partition coefficient (Wildman–Crippen LogP) is 1.48. The first kappa shape index (κ1) is 17.9. The van der Waals surface area contributed by atoms with Crippen LogP contribution in [-0.4, -0.2) is 45.5 Å². The molecule has 0 radical (unpaired) electrons. The number of benzene rings is 1. The molecule has 1 amide bonds. The number of carbonyl (C=O) groups is 1. The van der Waals surface area contributed by atoms with Crippen molar-refractivity contribution in [3.63, 3.8) is 0 Å². The van der Waals surface area contributed by atoms with Gasteiger partial charge in [0.25, 0.3) is 5.91 Å². The van der Waals surface area contributed by atoms with E-state index in [4.69, 9.17) is 21.5 Å². The van der Waals surface area contributed by atoms with Gasteiger partial charge < -0.3 is 9.64 Å². The van der Waals surface area contributed by atoms with Gasteiger partial charge in [0.15, 0.2) is 0 Å². The van der Waals surface area contributed by atoms with Crippen LogP contribution in [0.25, 0.3) is 0 Å². The van der Waals surface area contributed by atoms with Gasteiger partial charge in [0.2, 0.25) is 10.0 Å². The summed E-state index contributed by atoms with van der Waals surface area (Å²) < 4.78 is 27.8. The van der Waals surface area contributed by atoms with Gasteiger partial charge in [-0.1, -0.05) is 11.6 Å². The number of methoxy groups -OCH3 is 1. The van der Waals surface area contributed by atoms with E-state index in [2.05, 4.69) is 0 Å². The summed E-state index contributed by atoms with van der Waals surface area (Å²) in [5.74, 6) is -0.363.